The lowest BCUT2D eigenvalue weighted by molar-refractivity contribution is 0.471. The van der Waals surface area contributed by atoms with Gasteiger partial charge in [0, 0.05) is 6.54 Å². The zero-order chi connectivity index (χ0) is 14.8. The molecule has 1 unspecified atom stereocenters. The van der Waals surface area contributed by atoms with Crippen molar-refractivity contribution in [2.45, 2.75) is 19.5 Å². The van der Waals surface area contributed by atoms with Crippen LogP contribution in [0.1, 0.15) is 24.4 Å². The summed E-state index contributed by atoms with van der Waals surface area (Å²) in [5.41, 5.74) is 3.13. The molecule has 0 saturated heterocycles. The maximum absolute atomic E-state index is 9.50. The Bertz CT molecular complexity index is 736. The van der Waals surface area contributed by atoms with Gasteiger partial charge < -0.3 is 15.4 Å². The van der Waals surface area contributed by atoms with Crippen LogP contribution in [0.25, 0.3) is 11.0 Å². The van der Waals surface area contributed by atoms with E-state index >= 15 is 0 Å². The van der Waals surface area contributed by atoms with E-state index in [1.165, 1.54) is 0 Å². The maximum Gasteiger partial charge on any atom is 0.129 e. The number of H-pyrrole nitrogens is 1. The summed E-state index contributed by atoms with van der Waals surface area (Å²) in [7, 11) is 0. The molecular formula is C16H16BrN3O. The summed E-state index contributed by atoms with van der Waals surface area (Å²) in [4.78, 5) is 7.92. The Labute approximate surface area is 131 Å². The number of nitrogens with zero attached hydrogens (tertiary/aromatic N) is 1. The largest absolute Gasteiger partial charge is 0.507 e. The minimum Gasteiger partial charge on any atom is -0.507 e. The molecule has 0 bridgehead atoms. The fraction of sp³-hybridized carbons (Fsp3) is 0.188. The van der Waals surface area contributed by atoms with E-state index in [0.717, 1.165) is 22.4 Å². The quantitative estimate of drug-likeness (QED) is 0.672. The summed E-state index contributed by atoms with van der Waals surface area (Å²) in [6.07, 6.45) is 0. The molecule has 3 N–H and O–H groups in total. The Morgan fingerprint density at radius 1 is 1.29 bits per heavy atom. The van der Waals surface area contributed by atoms with Gasteiger partial charge in [0.1, 0.15) is 11.6 Å². The predicted octanol–water partition coefficient (Wildman–Crippen LogP) is 3.88. The van der Waals surface area contributed by atoms with Crippen molar-refractivity contribution in [1.82, 2.24) is 15.3 Å². The Hall–Kier alpha value is -1.85. The molecule has 0 radical (unpaired) electrons. The monoisotopic (exact) mass is 345 g/mol. The van der Waals surface area contributed by atoms with Crippen molar-refractivity contribution < 1.29 is 5.11 Å². The Morgan fingerprint density at radius 2 is 2.10 bits per heavy atom. The molecule has 108 valence electrons. The SMILES string of the molecule is CC(NCc1ccc(O)c(Br)c1)c1nc2ccccc2[nH]1. The molecule has 4 nitrogen and oxygen atoms in total. The van der Waals surface area contributed by atoms with Crippen LogP contribution in [-0.2, 0) is 6.54 Å². The highest BCUT2D eigenvalue weighted by Gasteiger charge is 2.10. The lowest BCUT2D eigenvalue weighted by Crippen LogP contribution is -2.19. The number of aromatic hydroxyl groups is 1. The summed E-state index contributed by atoms with van der Waals surface area (Å²) < 4.78 is 0.707. The number of imidazole rings is 1. The molecule has 5 heteroatoms. The van der Waals surface area contributed by atoms with Crippen LogP contribution in [0.5, 0.6) is 5.75 Å². The first kappa shape index (κ1) is 14.1. The van der Waals surface area contributed by atoms with Crippen molar-refractivity contribution in [2.24, 2.45) is 0 Å². The van der Waals surface area contributed by atoms with Crippen molar-refractivity contribution in [3.05, 3.63) is 58.3 Å². The highest BCUT2D eigenvalue weighted by molar-refractivity contribution is 9.10. The maximum atomic E-state index is 9.50. The molecule has 0 aliphatic rings. The fourth-order valence-corrected chi connectivity index (χ4v) is 2.63. The number of hydrogen-bond acceptors (Lipinski definition) is 3. The van der Waals surface area contributed by atoms with Crippen molar-refractivity contribution in [3.8, 4) is 5.75 Å². The zero-order valence-electron chi connectivity index (χ0n) is 11.6. The standard InChI is InChI=1S/C16H16BrN3O/c1-10(16-19-13-4-2-3-5-14(13)20-16)18-9-11-6-7-15(21)12(17)8-11/h2-8,10,18,21H,9H2,1H3,(H,19,20). The summed E-state index contributed by atoms with van der Waals surface area (Å²) in [5.74, 6) is 1.18. The number of aromatic amines is 1. The average molecular weight is 346 g/mol. The van der Waals surface area contributed by atoms with Gasteiger partial charge in [-0.15, -0.1) is 0 Å². The number of para-hydroxylation sites is 2. The smallest absolute Gasteiger partial charge is 0.129 e. The van der Waals surface area contributed by atoms with Gasteiger partial charge in [0.25, 0.3) is 0 Å². The number of hydrogen-bond donors (Lipinski definition) is 3. The summed E-state index contributed by atoms with van der Waals surface area (Å²) in [6, 6.07) is 13.6. The van der Waals surface area contributed by atoms with Crippen LogP contribution in [0.2, 0.25) is 0 Å². The number of fused-ring (bicyclic) bond motifs is 1. The molecule has 21 heavy (non-hydrogen) atoms. The second-order valence-electron chi connectivity index (χ2n) is 5.03. The molecule has 0 saturated carbocycles. The van der Waals surface area contributed by atoms with Crippen molar-refractivity contribution in [2.75, 3.05) is 0 Å². The summed E-state index contributed by atoms with van der Waals surface area (Å²) in [5, 5.41) is 12.9. The third-order valence-corrected chi connectivity index (χ3v) is 4.08. The number of benzene rings is 2. The van der Waals surface area contributed by atoms with Gasteiger partial charge >= 0.3 is 0 Å². The van der Waals surface area contributed by atoms with Crippen molar-refractivity contribution in [3.63, 3.8) is 0 Å². The molecule has 3 rings (SSSR count). The lowest BCUT2D eigenvalue weighted by atomic mass is 10.2. The third-order valence-electron chi connectivity index (χ3n) is 3.44. The Morgan fingerprint density at radius 3 is 2.86 bits per heavy atom. The number of nitrogens with one attached hydrogen (secondary N) is 2. The van der Waals surface area contributed by atoms with E-state index < -0.39 is 0 Å². The molecular weight excluding hydrogens is 330 g/mol. The molecule has 0 amide bonds. The molecule has 0 spiro atoms. The number of phenolic OH excluding ortho intramolecular Hbond substituents is 1. The second-order valence-corrected chi connectivity index (χ2v) is 5.88. The Balaban J connectivity index is 1.70. The number of aromatic nitrogens is 2. The van der Waals surface area contributed by atoms with Crippen molar-refractivity contribution >= 4 is 27.0 Å². The molecule has 2 aromatic carbocycles. The zero-order valence-corrected chi connectivity index (χ0v) is 13.2. The molecule has 0 aliphatic carbocycles. The summed E-state index contributed by atoms with van der Waals surface area (Å²) in [6.45, 7) is 2.78. The molecule has 0 fully saturated rings. The van der Waals surface area contributed by atoms with E-state index in [1.807, 2.05) is 36.4 Å². The minimum absolute atomic E-state index is 0.116. The number of halogens is 1. The first-order valence-corrected chi connectivity index (χ1v) is 7.58. The van der Waals surface area contributed by atoms with Crippen molar-refractivity contribution in [1.29, 1.82) is 0 Å². The van der Waals surface area contributed by atoms with E-state index in [2.05, 4.69) is 38.1 Å². The number of phenols is 1. The minimum atomic E-state index is 0.116. The topological polar surface area (TPSA) is 60.9 Å². The van der Waals surface area contributed by atoms with Gasteiger partial charge in [-0.2, -0.15) is 0 Å². The second kappa shape index (κ2) is 5.87. The van der Waals surface area contributed by atoms with E-state index in [1.54, 1.807) is 6.07 Å². The van der Waals surface area contributed by atoms with Crippen LogP contribution in [-0.4, -0.2) is 15.1 Å². The highest BCUT2D eigenvalue weighted by Crippen LogP contribution is 2.24. The van der Waals surface area contributed by atoms with Gasteiger partial charge in [0.15, 0.2) is 0 Å². The van der Waals surface area contributed by atoms with Crippen LogP contribution >= 0.6 is 15.9 Å². The van der Waals surface area contributed by atoms with Crippen LogP contribution in [0.3, 0.4) is 0 Å². The normalized spacial score (nSPS) is 12.7. The Kier molecular flexibility index (Phi) is 3.94. The molecule has 1 atom stereocenters. The third kappa shape index (κ3) is 3.09. The molecule has 3 aromatic rings. The van der Waals surface area contributed by atoms with E-state index in [-0.39, 0.29) is 11.8 Å². The van der Waals surface area contributed by atoms with Crippen LogP contribution in [0.4, 0.5) is 0 Å². The fourth-order valence-electron chi connectivity index (χ4n) is 2.21. The van der Waals surface area contributed by atoms with Gasteiger partial charge in [-0.05, 0) is 52.7 Å². The van der Waals surface area contributed by atoms with Gasteiger partial charge in [-0.3, -0.25) is 0 Å². The van der Waals surface area contributed by atoms with Gasteiger partial charge in [0.2, 0.25) is 0 Å². The van der Waals surface area contributed by atoms with E-state index in [4.69, 9.17) is 0 Å². The summed E-state index contributed by atoms with van der Waals surface area (Å²) >= 11 is 3.32. The van der Waals surface area contributed by atoms with E-state index in [0.29, 0.717) is 11.0 Å². The molecule has 1 aromatic heterocycles. The predicted molar refractivity (Wildman–Crippen MR) is 87.2 cm³/mol. The van der Waals surface area contributed by atoms with Gasteiger partial charge in [-0.25, -0.2) is 4.98 Å². The van der Waals surface area contributed by atoms with Crippen LogP contribution in [0, 0.1) is 0 Å². The highest BCUT2D eigenvalue weighted by atomic mass is 79.9. The van der Waals surface area contributed by atoms with Gasteiger partial charge in [-0.1, -0.05) is 18.2 Å². The van der Waals surface area contributed by atoms with E-state index in [9.17, 15) is 5.11 Å². The first-order chi connectivity index (χ1) is 10.1. The number of rotatable bonds is 4. The molecule has 0 aliphatic heterocycles. The first-order valence-electron chi connectivity index (χ1n) is 6.79. The average Bonchev–Trinajstić information content (AvgIpc) is 2.92. The lowest BCUT2D eigenvalue weighted by Gasteiger charge is -2.11. The van der Waals surface area contributed by atoms with Gasteiger partial charge in [0.05, 0.1) is 21.5 Å². The molecule has 1 heterocycles. The van der Waals surface area contributed by atoms with Crippen LogP contribution in [0.15, 0.2) is 46.9 Å². The van der Waals surface area contributed by atoms with Crippen LogP contribution < -0.4 is 5.32 Å².